The number of carbonyl (C=O) groups excluding carboxylic acids is 1. The van der Waals surface area contributed by atoms with Gasteiger partial charge in [0, 0.05) is 40.1 Å². The van der Waals surface area contributed by atoms with Gasteiger partial charge in [-0.05, 0) is 93.2 Å². The Hall–Kier alpha value is -3.86. The van der Waals surface area contributed by atoms with Gasteiger partial charge in [0.25, 0.3) is 0 Å². The summed E-state index contributed by atoms with van der Waals surface area (Å²) in [6, 6.07) is 17.1. The highest BCUT2D eigenvalue weighted by Gasteiger charge is 2.35. The minimum Gasteiger partial charge on any atom is -0.478 e. The van der Waals surface area contributed by atoms with Crippen LogP contribution in [0.25, 0.3) is 11.0 Å². The second-order valence-corrected chi connectivity index (χ2v) is 14.6. The number of rotatable bonds is 11. The molecule has 2 unspecified atom stereocenters. The highest BCUT2D eigenvalue weighted by Crippen LogP contribution is 2.37. The summed E-state index contributed by atoms with van der Waals surface area (Å²) in [6.07, 6.45) is 3.12. The SMILES string of the molecule is CC(=O)c1ccc(COc2cccc(C3CCN(Cc4nc5ccc(C(=O)O)cc5n4C(C(C)[SiH3])[C@@H]4CCO4)CC3)n2)c(C)c1. The van der Waals surface area contributed by atoms with Crippen molar-refractivity contribution in [2.24, 2.45) is 0 Å². The quantitative estimate of drug-likeness (QED) is 0.181. The van der Waals surface area contributed by atoms with E-state index in [1.807, 2.05) is 43.3 Å². The fourth-order valence-corrected chi connectivity index (χ4v) is 7.42. The second-order valence-electron chi connectivity index (χ2n) is 12.8. The molecule has 2 aliphatic heterocycles. The van der Waals surface area contributed by atoms with Crippen molar-refractivity contribution in [3.05, 3.63) is 88.4 Å². The molecule has 0 bridgehead atoms. The molecule has 0 radical (unpaired) electrons. The van der Waals surface area contributed by atoms with E-state index in [-0.39, 0.29) is 23.5 Å². The maximum absolute atomic E-state index is 11.8. The maximum atomic E-state index is 11.8. The van der Waals surface area contributed by atoms with Crippen LogP contribution in [0.5, 0.6) is 5.88 Å². The number of pyridine rings is 1. The summed E-state index contributed by atoms with van der Waals surface area (Å²) >= 11 is 0. The Morgan fingerprint density at radius 2 is 1.82 bits per heavy atom. The zero-order chi connectivity index (χ0) is 31.7. The molecular weight excluding hydrogens is 584 g/mol. The van der Waals surface area contributed by atoms with E-state index in [0.717, 1.165) is 82.9 Å². The number of fused-ring (bicyclic) bond motifs is 1. The Bertz CT molecular complexity index is 1710. The number of piperidine rings is 1. The van der Waals surface area contributed by atoms with Crippen LogP contribution in [-0.2, 0) is 17.9 Å². The lowest BCUT2D eigenvalue weighted by molar-refractivity contribution is -0.0805. The van der Waals surface area contributed by atoms with E-state index < -0.39 is 5.97 Å². The zero-order valence-corrected chi connectivity index (χ0v) is 28.5. The molecule has 0 aliphatic carbocycles. The van der Waals surface area contributed by atoms with Crippen LogP contribution in [0.3, 0.4) is 0 Å². The molecule has 236 valence electrons. The van der Waals surface area contributed by atoms with Crippen LogP contribution in [0, 0.1) is 6.92 Å². The largest absolute Gasteiger partial charge is 0.478 e. The molecule has 4 heterocycles. The molecule has 0 saturated carbocycles. The van der Waals surface area contributed by atoms with E-state index in [1.165, 1.54) is 0 Å². The molecule has 2 aromatic heterocycles. The number of ketones is 1. The van der Waals surface area contributed by atoms with Gasteiger partial charge in [0.05, 0.1) is 35.3 Å². The lowest BCUT2D eigenvalue weighted by Gasteiger charge is -2.39. The topological polar surface area (TPSA) is 107 Å². The lowest BCUT2D eigenvalue weighted by atomic mass is 9.93. The number of aromatic carboxylic acids is 1. The smallest absolute Gasteiger partial charge is 0.335 e. The third-order valence-electron chi connectivity index (χ3n) is 9.35. The summed E-state index contributed by atoms with van der Waals surface area (Å²) in [5, 5.41) is 9.69. The van der Waals surface area contributed by atoms with Crippen molar-refractivity contribution >= 4 is 33.0 Å². The average molecular weight is 627 g/mol. The van der Waals surface area contributed by atoms with E-state index in [9.17, 15) is 14.7 Å². The highest BCUT2D eigenvalue weighted by molar-refractivity contribution is 6.11. The van der Waals surface area contributed by atoms with Gasteiger partial charge in [0.1, 0.15) is 12.4 Å². The number of Topliss-reactive ketones (excluding diaryl/α,β-unsaturated/α-hetero) is 1. The summed E-state index contributed by atoms with van der Waals surface area (Å²) < 4.78 is 14.4. The van der Waals surface area contributed by atoms with Crippen molar-refractivity contribution in [2.45, 2.75) is 76.8 Å². The van der Waals surface area contributed by atoms with E-state index in [1.54, 1.807) is 19.1 Å². The number of nitrogens with zero attached hydrogens (tertiary/aromatic N) is 4. The molecule has 10 heteroatoms. The summed E-state index contributed by atoms with van der Waals surface area (Å²) in [7, 11) is 1.00. The van der Waals surface area contributed by atoms with E-state index in [0.29, 0.717) is 36.1 Å². The molecule has 0 spiro atoms. The first-order valence-electron chi connectivity index (χ1n) is 16.0. The summed E-state index contributed by atoms with van der Waals surface area (Å²) in [5.74, 6) is 1.07. The molecule has 2 saturated heterocycles. The van der Waals surface area contributed by atoms with Crippen molar-refractivity contribution in [3.63, 3.8) is 0 Å². The normalized spacial score (nSPS) is 18.9. The maximum Gasteiger partial charge on any atom is 0.335 e. The fraction of sp³-hybridized carbons (Fsp3) is 0.429. The van der Waals surface area contributed by atoms with E-state index in [2.05, 4.69) is 22.5 Å². The fourth-order valence-electron chi connectivity index (χ4n) is 6.69. The zero-order valence-electron chi connectivity index (χ0n) is 26.5. The van der Waals surface area contributed by atoms with Crippen LogP contribution in [0.15, 0.2) is 54.6 Å². The van der Waals surface area contributed by atoms with Crippen LogP contribution in [-0.4, -0.2) is 72.3 Å². The number of hydrogen-bond acceptors (Lipinski definition) is 7. The molecule has 1 N–H and O–H groups in total. The molecule has 9 nitrogen and oxygen atoms in total. The van der Waals surface area contributed by atoms with Crippen molar-refractivity contribution in [1.82, 2.24) is 19.4 Å². The second kappa shape index (κ2) is 13.2. The number of carboxylic acid groups (broad SMARTS) is 1. The van der Waals surface area contributed by atoms with Crippen molar-refractivity contribution in [3.8, 4) is 5.88 Å². The summed E-state index contributed by atoms with van der Waals surface area (Å²) in [6.45, 7) is 9.56. The number of aromatic nitrogens is 3. The number of benzene rings is 2. The number of likely N-dealkylation sites (tertiary alicyclic amines) is 1. The van der Waals surface area contributed by atoms with Gasteiger partial charge in [-0.15, -0.1) is 0 Å². The predicted octanol–water partition coefficient (Wildman–Crippen LogP) is 5.10. The van der Waals surface area contributed by atoms with Crippen LogP contribution in [0.2, 0.25) is 5.54 Å². The van der Waals surface area contributed by atoms with Crippen molar-refractivity contribution in [2.75, 3.05) is 19.7 Å². The molecule has 3 atom stereocenters. The van der Waals surface area contributed by atoms with Crippen LogP contribution < -0.4 is 4.74 Å². The van der Waals surface area contributed by atoms with Gasteiger partial charge in [-0.2, -0.15) is 0 Å². The third-order valence-corrected chi connectivity index (χ3v) is 10.0. The van der Waals surface area contributed by atoms with E-state index >= 15 is 0 Å². The predicted molar refractivity (Wildman–Crippen MR) is 176 cm³/mol. The lowest BCUT2D eigenvalue weighted by Crippen LogP contribution is -2.40. The van der Waals surface area contributed by atoms with Crippen LogP contribution in [0.1, 0.15) is 88.4 Å². The monoisotopic (exact) mass is 626 g/mol. The van der Waals surface area contributed by atoms with Gasteiger partial charge in [0.2, 0.25) is 5.88 Å². The molecule has 6 rings (SSSR count). The Labute approximate surface area is 267 Å². The first-order valence-corrected chi connectivity index (χ1v) is 17.1. The third kappa shape index (κ3) is 6.73. The number of carboxylic acids is 1. The standard InChI is InChI=1S/C35H42N4O5Si/c1-21-17-25(22(2)40)7-8-27(21)20-44-33-6-4-5-28(37-33)24-11-14-38(15-12-24)19-32-36-29-10-9-26(35(41)42)18-30(29)39(32)34(23(3)45)31-13-16-43-31/h4-10,17-18,23-24,31,34H,11-16,19-20H2,1-3,45H3,(H,41,42)/t23?,31-,34?/m0/s1. The highest BCUT2D eigenvalue weighted by atomic mass is 28.1. The minimum absolute atomic E-state index is 0.0588. The molecule has 45 heavy (non-hydrogen) atoms. The first kappa shape index (κ1) is 31.1. The number of imidazole rings is 1. The Morgan fingerprint density at radius 1 is 1.07 bits per heavy atom. The summed E-state index contributed by atoms with van der Waals surface area (Å²) in [4.78, 5) is 35.9. The number of carbonyl (C=O) groups is 2. The Morgan fingerprint density at radius 3 is 2.47 bits per heavy atom. The Balaban J connectivity index is 1.14. The number of hydrogen-bond donors (Lipinski definition) is 1. The molecule has 0 amide bonds. The molecule has 2 fully saturated rings. The van der Waals surface area contributed by atoms with Crippen molar-refractivity contribution in [1.29, 1.82) is 0 Å². The van der Waals surface area contributed by atoms with Crippen LogP contribution >= 0.6 is 0 Å². The van der Waals surface area contributed by atoms with Gasteiger partial charge < -0.3 is 19.1 Å². The average Bonchev–Trinajstić information content (AvgIpc) is 3.34. The van der Waals surface area contributed by atoms with E-state index in [4.69, 9.17) is 19.4 Å². The molecule has 2 aromatic carbocycles. The van der Waals surface area contributed by atoms with Crippen LogP contribution in [0.4, 0.5) is 0 Å². The first-order chi connectivity index (χ1) is 21.7. The van der Waals surface area contributed by atoms with Gasteiger partial charge in [-0.1, -0.05) is 25.1 Å². The molecule has 2 aliphatic rings. The number of ether oxygens (including phenoxy) is 2. The van der Waals surface area contributed by atoms with Gasteiger partial charge in [-0.3, -0.25) is 9.69 Å². The molecular formula is C35H42N4O5Si. The van der Waals surface area contributed by atoms with Gasteiger partial charge in [-0.25, -0.2) is 14.8 Å². The Kier molecular flexibility index (Phi) is 9.16. The van der Waals surface area contributed by atoms with Gasteiger partial charge in [0.15, 0.2) is 5.78 Å². The number of aryl methyl sites for hydroxylation is 1. The van der Waals surface area contributed by atoms with Crippen molar-refractivity contribution < 1.29 is 24.2 Å². The summed E-state index contributed by atoms with van der Waals surface area (Å²) in [5.41, 5.74) is 6.27. The molecule has 4 aromatic rings. The minimum atomic E-state index is -0.926. The van der Waals surface area contributed by atoms with Gasteiger partial charge >= 0.3 is 5.97 Å².